The van der Waals surface area contributed by atoms with Crippen molar-refractivity contribution in [1.82, 2.24) is 0 Å². The Morgan fingerprint density at radius 1 is 0.833 bits per heavy atom. The van der Waals surface area contributed by atoms with E-state index in [-0.39, 0.29) is 11.2 Å². The molecule has 0 aromatic heterocycles. The largest absolute Gasteiger partial charge is 0.508 e. The summed E-state index contributed by atoms with van der Waals surface area (Å²) in [6.07, 6.45) is 0. The standard InChI is InChI=1S/C9H10B2O/c1-4-5(2)7(10)8(11)9(12)6(4)3/h12H,1-3H3. The molecule has 0 aliphatic carbocycles. The van der Waals surface area contributed by atoms with Gasteiger partial charge in [-0.3, -0.25) is 0 Å². The van der Waals surface area contributed by atoms with Crippen LogP contribution in [0.5, 0.6) is 5.75 Å². The molecule has 0 atom stereocenters. The summed E-state index contributed by atoms with van der Waals surface area (Å²) in [4.78, 5) is 0. The van der Waals surface area contributed by atoms with Crippen molar-refractivity contribution in [3.8, 4) is 5.75 Å². The maximum atomic E-state index is 9.49. The minimum atomic E-state index is 0.107. The van der Waals surface area contributed by atoms with E-state index in [1.807, 2.05) is 20.8 Å². The SMILES string of the molecule is [B]c1c([B])c(O)c(C)c(C)c1C. The Morgan fingerprint density at radius 3 is 1.83 bits per heavy atom. The van der Waals surface area contributed by atoms with Gasteiger partial charge in [-0.25, -0.2) is 0 Å². The van der Waals surface area contributed by atoms with Crippen LogP contribution in [0, 0.1) is 20.8 Å². The van der Waals surface area contributed by atoms with Gasteiger partial charge in [-0.05, 0) is 31.9 Å². The summed E-state index contributed by atoms with van der Waals surface area (Å²) in [7, 11) is 11.2. The van der Waals surface area contributed by atoms with Crippen LogP contribution in [0.3, 0.4) is 0 Å². The zero-order valence-corrected chi connectivity index (χ0v) is 7.60. The molecule has 0 spiro atoms. The molecule has 0 aliphatic heterocycles. The van der Waals surface area contributed by atoms with Crippen molar-refractivity contribution in [1.29, 1.82) is 0 Å². The van der Waals surface area contributed by atoms with Gasteiger partial charge in [0.2, 0.25) is 0 Å². The molecule has 0 fully saturated rings. The molecule has 0 saturated carbocycles. The average Bonchev–Trinajstić information content (AvgIpc) is 2.08. The van der Waals surface area contributed by atoms with Crippen molar-refractivity contribution in [2.75, 3.05) is 0 Å². The van der Waals surface area contributed by atoms with Crippen LogP contribution in [0.25, 0.3) is 0 Å². The highest BCUT2D eigenvalue weighted by atomic mass is 16.3. The first-order valence-corrected chi connectivity index (χ1v) is 3.80. The third-order valence-electron chi connectivity index (χ3n) is 2.43. The molecule has 1 N–H and O–H groups in total. The Bertz CT molecular complexity index is 227. The van der Waals surface area contributed by atoms with E-state index in [1.54, 1.807) is 0 Å². The van der Waals surface area contributed by atoms with E-state index in [0.29, 0.717) is 5.46 Å². The number of phenols is 1. The fourth-order valence-electron chi connectivity index (χ4n) is 1.19. The van der Waals surface area contributed by atoms with E-state index in [0.717, 1.165) is 16.7 Å². The molecule has 0 saturated heterocycles. The number of hydrogen-bond donors (Lipinski definition) is 1. The first-order chi connectivity index (χ1) is 5.46. The van der Waals surface area contributed by atoms with Crippen LogP contribution in [0.4, 0.5) is 0 Å². The molecule has 0 heterocycles. The van der Waals surface area contributed by atoms with Gasteiger partial charge >= 0.3 is 0 Å². The third-order valence-corrected chi connectivity index (χ3v) is 2.43. The molecule has 1 nitrogen and oxygen atoms in total. The summed E-state index contributed by atoms with van der Waals surface area (Å²) in [5.41, 5.74) is 3.52. The van der Waals surface area contributed by atoms with Crippen LogP contribution in [0.2, 0.25) is 0 Å². The van der Waals surface area contributed by atoms with Gasteiger partial charge in [0.1, 0.15) is 21.4 Å². The van der Waals surface area contributed by atoms with Crippen molar-refractivity contribution < 1.29 is 5.11 Å². The van der Waals surface area contributed by atoms with Gasteiger partial charge in [-0.15, -0.1) is 0 Å². The quantitative estimate of drug-likeness (QED) is 0.520. The van der Waals surface area contributed by atoms with Crippen LogP contribution in [0.1, 0.15) is 16.7 Å². The average molecular weight is 156 g/mol. The third kappa shape index (κ3) is 1.13. The lowest BCUT2D eigenvalue weighted by Crippen LogP contribution is -2.30. The van der Waals surface area contributed by atoms with Gasteiger partial charge in [0.25, 0.3) is 0 Å². The van der Waals surface area contributed by atoms with E-state index in [9.17, 15) is 5.11 Å². The van der Waals surface area contributed by atoms with E-state index < -0.39 is 0 Å². The lowest BCUT2D eigenvalue weighted by Gasteiger charge is -2.14. The molecular formula is C9H10B2O. The first-order valence-electron chi connectivity index (χ1n) is 3.80. The van der Waals surface area contributed by atoms with E-state index >= 15 is 0 Å². The summed E-state index contributed by atoms with van der Waals surface area (Å²) in [6.45, 7) is 5.64. The van der Waals surface area contributed by atoms with Crippen LogP contribution in [-0.4, -0.2) is 20.8 Å². The molecular weight excluding hydrogens is 146 g/mol. The summed E-state index contributed by atoms with van der Waals surface area (Å²) in [5, 5.41) is 9.49. The normalized spacial score (nSPS) is 10.2. The minimum absolute atomic E-state index is 0.107. The molecule has 12 heavy (non-hydrogen) atoms. The maximum absolute atomic E-state index is 9.49. The predicted molar refractivity (Wildman–Crippen MR) is 53.1 cm³/mol. The van der Waals surface area contributed by atoms with Gasteiger partial charge in [0.15, 0.2) is 0 Å². The Kier molecular flexibility index (Phi) is 2.22. The number of benzene rings is 1. The van der Waals surface area contributed by atoms with Crippen LogP contribution >= 0.6 is 0 Å². The smallest absolute Gasteiger partial charge is 0.118 e. The second kappa shape index (κ2) is 2.89. The van der Waals surface area contributed by atoms with Crippen molar-refractivity contribution in [2.24, 2.45) is 0 Å². The van der Waals surface area contributed by atoms with Gasteiger partial charge in [-0.2, -0.15) is 0 Å². The molecule has 3 heteroatoms. The zero-order valence-electron chi connectivity index (χ0n) is 7.60. The molecule has 0 bridgehead atoms. The van der Waals surface area contributed by atoms with Crippen LogP contribution < -0.4 is 10.9 Å². The Morgan fingerprint density at radius 2 is 1.33 bits per heavy atom. The molecule has 1 rings (SSSR count). The summed E-state index contributed by atoms with van der Waals surface area (Å²) in [5.74, 6) is 0.107. The van der Waals surface area contributed by atoms with Gasteiger partial charge in [0, 0.05) is 0 Å². The molecule has 4 radical (unpaired) electrons. The lowest BCUT2D eigenvalue weighted by atomic mass is 9.74. The summed E-state index contributed by atoms with van der Waals surface area (Å²) in [6, 6.07) is 0. The van der Waals surface area contributed by atoms with Crippen molar-refractivity contribution in [2.45, 2.75) is 20.8 Å². The maximum Gasteiger partial charge on any atom is 0.118 e. The number of hydrogen-bond acceptors (Lipinski definition) is 1. The fourth-order valence-corrected chi connectivity index (χ4v) is 1.19. The molecule has 1 aromatic rings. The predicted octanol–water partition coefficient (Wildman–Crippen LogP) is -0.0949. The molecule has 58 valence electrons. The van der Waals surface area contributed by atoms with Gasteiger partial charge in [-0.1, -0.05) is 16.5 Å². The zero-order chi connectivity index (χ0) is 9.46. The Labute approximate surface area is 75.6 Å². The van der Waals surface area contributed by atoms with Crippen LogP contribution in [0.15, 0.2) is 0 Å². The monoisotopic (exact) mass is 156 g/mol. The molecule has 0 aliphatic rings. The minimum Gasteiger partial charge on any atom is -0.508 e. The number of aromatic hydroxyl groups is 1. The van der Waals surface area contributed by atoms with Gasteiger partial charge in [0.05, 0.1) is 0 Å². The van der Waals surface area contributed by atoms with E-state index in [4.69, 9.17) is 15.7 Å². The highest BCUT2D eigenvalue weighted by Gasteiger charge is 2.09. The van der Waals surface area contributed by atoms with Crippen molar-refractivity contribution in [3.05, 3.63) is 16.7 Å². The molecule has 0 amide bonds. The fraction of sp³-hybridized carbons (Fsp3) is 0.333. The highest BCUT2D eigenvalue weighted by molar-refractivity contribution is 6.50. The Balaban J connectivity index is 3.60. The number of phenolic OH excluding ortho intramolecular Hbond substituents is 1. The second-order valence-corrected chi connectivity index (χ2v) is 3.05. The van der Waals surface area contributed by atoms with Crippen LogP contribution in [-0.2, 0) is 0 Å². The second-order valence-electron chi connectivity index (χ2n) is 3.05. The molecule has 0 unspecified atom stereocenters. The highest BCUT2D eigenvalue weighted by Crippen LogP contribution is 2.17. The van der Waals surface area contributed by atoms with Gasteiger partial charge < -0.3 is 5.11 Å². The van der Waals surface area contributed by atoms with Crippen molar-refractivity contribution in [3.63, 3.8) is 0 Å². The summed E-state index contributed by atoms with van der Waals surface area (Å²) >= 11 is 0. The first kappa shape index (κ1) is 9.24. The summed E-state index contributed by atoms with van der Waals surface area (Å²) < 4.78 is 0. The van der Waals surface area contributed by atoms with Crippen molar-refractivity contribution >= 4 is 26.6 Å². The lowest BCUT2D eigenvalue weighted by molar-refractivity contribution is 0.475. The molecule has 1 aromatic carbocycles. The Hall–Kier alpha value is -0.850. The van der Waals surface area contributed by atoms with E-state index in [2.05, 4.69) is 0 Å². The topological polar surface area (TPSA) is 20.2 Å². The number of rotatable bonds is 0. The van der Waals surface area contributed by atoms with E-state index in [1.165, 1.54) is 0 Å².